The van der Waals surface area contributed by atoms with Gasteiger partial charge >= 0.3 is 0 Å². The molecule has 0 radical (unpaired) electrons. The number of oxazole rings is 1. The Labute approximate surface area is 88.4 Å². The molecule has 15 heavy (non-hydrogen) atoms. The second kappa shape index (κ2) is 3.46. The molecule has 0 saturated heterocycles. The largest absolute Gasteiger partial charge is 0.442 e. The van der Waals surface area contributed by atoms with E-state index in [0.29, 0.717) is 11.7 Å². The normalized spacial score (nSPS) is 11.7. The third-order valence-corrected chi connectivity index (χ3v) is 2.05. The summed E-state index contributed by atoms with van der Waals surface area (Å²) >= 11 is 0. The van der Waals surface area contributed by atoms with Gasteiger partial charge in [0.05, 0.1) is 6.20 Å². The summed E-state index contributed by atoms with van der Waals surface area (Å²) in [5.74, 6) is 0.994. The summed E-state index contributed by atoms with van der Waals surface area (Å²) in [4.78, 5) is 12.6. The first-order chi connectivity index (χ1) is 7.07. The van der Waals surface area contributed by atoms with Gasteiger partial charge in [-0.25, -0.2) is 15.0 Å². The van der Waals surface area contributed by atoms with Crippen molar-refractivity contribution in [2.24, 2.45) is 0 Å². The molecular weight excluding hydrogens is 190 g/mol. The van der Waals surface area contributed by atoms with Crippen molar-refractivity contribution >= 4 is 0 Å². The topological polar surface area (TPSA) is 51.8 Å². The van der Waals surface area contributed by atoms with Crippen LogP contribution in [0.15, 0.2) is 29.1 Å². The Morgan fingerprint density at radius 2 is 1.93 bits per heavy atom. The molecule has 0 fully saturated rings. The van der Waals surface area contributed by atoms with Crippen LogP contribution in [0.5, 0.6) is 0 Å². The average molecular weight is 203 g/mol. The van der Waals surface area contributed by atoms with Crippen molar-refractivity contribution in [3.8, 4) is 11.7 Å². The molecule has 78 valence electrons. The molecule has 0 saturated carbocycles. The van der Waals surface area contributed by atoms with Gasteiger partial charge in [0.25, 0.3) is 5.89 Å². The van der Waals surface area contributed by atoms with Gasteiger partial charge in [0, 0.05) is 17.3 Å². The lowest BCUT2D eigenvalue weighted by Crippen LogP contribution is -2.14. The lowest BCUT2D eigenvalue weighted by molar-refractivity contribution is 0.553. The van der Waals surface area contributed by atoms with Crippen molar-refractivity contribution in [3.63, 3.8) is 0 Å². The second-order valence-electron chi connectivity index (χ2n) is 4.35. The Morgan fingerprint density at radius 3 is 2.53 bits per heavy atom. The number of nitrogens with zero attached hydrogens (tertiary/aromatic N) is 3. The zero-order valence-corrected chi connectivity index (χ0v) is 9.06. The summed E-state index contributed by atoms with van der Waals surface area (Å²) < 4.78 is 5.15. The molecule has 0 aliphatic rings. The first-order valence-electron chi connectivity index (χ1n) is 4.81. The Hall–Kier alpha value is -1.71. The molecule has 2 aromatic heterocycles. The van der Waals surface area contributed by atoms with E-state index in [4.69, 9.17) is 4.42 Å². The van der Waals surface area contributed by atoms with Gasteiger partial charge in [0.2, 0.25) is 5.82 Å². The van der Waals surface area contributed by atoms with Crippen LogP contribution in [-0.2, 0) is 5.41 Å². The first-order valence-corrected chi connectivity index (χ1v) is 4.81. The predicted octanol–water partition coefficient (Wildman–Crippen LogP) is 2.43. The molecule has 0 spiro atoms. The van der Waals surface area contributed by atoms with Gasteiger partial charge in [-0.15, -0.1) is 0 Å². The minimum Gasteiger partial charge on any atom is -0.442 e. The van der Waals surface area contributed by atoms with Crippen molar-refractivity contribution in [2.75, 3.05) is 0 Å². The van der Waals surface area contributed by atoms with E-state index in [2.05, 4.69) is 35.7 Å². The third kappa shape index (κ3) is 2.03. The zero-order chi connectivity index (χ0) is 10.9. The highest BCUT2D eigenvalue weighted by Gasteiger charge is 2.17. The van der Waals surface area contributed by atoms with Crippen LogP contribution in [0.3, 0.4) is 0 Å². The van der Waals surface area contributed by atoms with E-state index in [9.17, 15) is 0 Å². The second-order valence-corrected chi connectivity index (χ2v) is 4.35. The Morgan fingerprint density at radius 1 is 1.13 bits per heavy atom. The SMILES string of the molecule is CC(C)(C)c1ccnc(-c2ncco2)n1. The molecule has 2 heterocycles. The zero-order valence-electron chi connectivity index (χ0n) is 9.06. The van der Waals surface area contributed by atoms with Crippen LogP contribution >= 0.6 is 0 Å². The Balaban J connectivity index is 2.44. The number of rotatable bonds is 1. The molecule has 4 heteroatoms. The molecule has 0 unspecified atom stereocenters. The van der Waals surface area contributed by atoms with Gasteiger partial charge in [-0.2, -0.15) is 0 Å². The Bertz CT molecular complexity index is 443. The Kier molecular flexibility index (Phi) is 2.26. The molecule has 0 aromatic carbocycles. The monoisotopic (exact) mass is 203 g/mol. The molecule has 0 aliphatic heterocycles. The van der Waals surface area contributed by atoms with Crippen LogP contribution in [0, 0.1) is 0 Å². The molecule has 2 aromatic rings. The van der Waals surface area contributed by atoms with Crippen LogP contribution in [0.4, 0.5) is 0 Å². The quantitative estimate of drug-likeness (QED) is 0.714. The van der Waals surface area contributed by atoms with E-state index < -0.39 is 0 Å². The smallest absolute Gasteiger partial charge is 0.264 e. The van der Waals surface area contributed by atoms with E-state index >= 15 is 0 Å². The van der Waals surface area contributed by atoms with E-state index in [1.54, 1.807) is 12.4 Å². The molecule has 0 N–H and O–H groups in total. The van der Waals surface area contributed by atoms with Crippen LogP contribution < -0.4 is 0 Å². The van der Waals surface area contributed by atoms with Crippen molar-refractivity contribution in [1.82, 2.24) is 15.0 Å². The van der Waals surface area contributed by atoms with Gasteiger partial charge in [-0.1, -0.05) is 20.8 Å². The maximum Gasteiger partial charge on any atom is 0.264 e. The summed E-state index contributed by atoms with van der Waals surface area (Å²) in [6.45, 7) is 6.32. The molecule has 0 bridgehead atoms. The van der Waals surface area contributed by atoms with E-state index in [-0.39, 0.29) is 5.41 Å². The maximum absolute atomic E-state index is 5.15. The highest BCUT2D eigenvalue weighted by atomic mass is 16.3. The third-order valence-electron chi connectivity index (χ3n) is 2.05. The average Bonchev–Trinajstić information content (AvgIpc) is 2.69. The van der Waals surface area contributed by atoms with E-state index in [1.807, 2.05) is 6.07 Å². The van der Waals surface area contributed by atoms with E-state index in [0.717, 1.165) is 5.69 Å². The fourth-order valence-electron chi connectivity index (χ4n) is 1.21. The summed E-state index contributed by atoms with van der Waals surface area (Å²) in [7, 11) is 0. The molecule has 2 rings (SSSR count). The van der Waals surface area contributed by atoms with Crippen molar-refractivity contribution in [1.29, 1.82) is 0 Å². The molecule has 4 nitrogen and oxygen atoms in total. The van der Waals surface area contributed by atoms with Crippen LogP contribution in [0.25, 0.3) is 11.7 Å². The van der Waals surface area contributed by atoms with Crippen molar-refractivity contribution in [2.45, 2.75) is 26.2 Å². The highest BCUT2D eigenvalue weighted by molar-refractivity contribution is 5.39. The summed E-state index contributed by atoms with van der Waals surface area (Å²) in [5.41, 5.74) is 0.982. The lowest BCUT2D eigenvalue weighted by Gasteiger charge is -2.17. The minimum absolute atomic E-state index is 0.00425. The fraction of sp³-hybridized carbons (Fsp3) is 0.364. The van der Waals surface area contributed by atoms with Crippen LogP contribution in [0.2, 0.25) is 0 Å². The lowest BCUT2D eigenvalue weighted by atomic mass is 9.92. The number of hydrogen-bond donors (Lipinski definition) is 0. The number of hydrogen-bond acceptors (Lipinski definition) is 4. The molecule has 0 aliphatic carbocycles. The highest BCUT2D eigenvalue weighted by Crippen LogP contribution is 2.21. The molecular formula is C11H13N3O. The number of aromatic nitrogens is 3. The van der Waals surface area contributed by atoms with Gasteiger partial charge in [0.1, 0.15) is 6.26 Å². The summed E-state index contributed by atoms with van der Waals surface area (Å²) in [6.07, 6.45) is 4.83. The van der Waals surface area contributed by atoms with Crippen LogP contribution in [0.1, 0.15) is 26.5 Å². The fourth-order valence-corrected chi connectivity index (χ4v) is 1.21. The minimum atomic E-state index is 0.00425. The van der Waals surface area contributed by atoms with E-state index in [1.165, 1.54) is 6.26 Å². The van der Waals surface area contributed by atoms with Gasteiger partial charge < -0.3 is 4.42 Å². The summed E-state index contributed by atoms with van der Waals surface area (Å²) in [6, 6.07) is 1.91. The molecule has 0 amide bonds. The van der Waals surface area contributed by atoms with Gasteiger partial charge in [0.15, 0.2) is 0 Å². The van der Waals surface area contributed by atoms with Crippen molar-refractivity contribution in [3.05, 3.63) is 30.4 Å². The standard InChI is InChI=1S/C11H13N3O/c1-11(2,3)8-4-5-12-9(14-8)10-13-6-7-15-10/h4-7H,1-3H3. The van der Waals surface area contributed by atoms with Gasteiger partial charge in [-0.3, -0.25) is 0 Å². The molecule has 0 atom stereocenters. The van der Waals surface area contributed by atoms with Crippen molar-refractivity contribution < 1.29 is 4.42 Å². The predicted molar refractivity (Wildman–Crippen MR) is 56.2 cm³/mol. The summed E-state index contributed by atoms with van der Waals surface area (Å²) in [5, 5.41) is 0. The first kappa shape index (κ1) is 9.83. The van der Waals surface area contributed by atoms with Gasteiger partial charge in [-0.05, 0) is 6.07 Å². The van der Waals surface area contributed by atoms with Crippen LogP contribution in [-0.4, -0.2) is 15.0 Å². The maximum atomic E-state index is 5.15.